The quantitative estimate of drug-likeness (QED) is 0.474. The average molecular weight is 224 g/mol. The minimum absolute atomic E-state index is 0. The fourth-order valence-corrected chi connectivity index (χ4v) is 1.25. The van der Waals surface area contributed by atoms with Gasteiger partial charge in [0, 0.05) is 32.7 Å². The third kappa shape index (κ3) is 3.58. The minimum atomic E-state index is 0. The molecular weight excluding hydrogens is 209 g/mol. The van der Waals surface area contributed by atoms with Crippen molar-refractivity contribution in [3.05, 3.63) is 30.2 Å². The maximum Gasteiger partial charge on any atom is 0 e. The molecule has 1 unspecified atom stereocenters. The summed E-state index contributed by atoms with van der Waals surface area (Å²) in [6, 6.07) is 0. The molecule has 0 N–H and O–H groups in total. The van der Waals surface area contributed by atoms with Crippen LogP contribution in [0, 0.1) is 12.3 Å². The summed E-state index contributed by atoms with van der Waals surface area (Å²) in [5, 5.41) is 0. The van der Waals surface area contributed by atoms with Crippen LogP contribution in [-0.2, 0) is 32.7 Å². The Bertz CT molecular complexity index is 168. The Morgan fingerprint density at radius 1 is 1.73 bits per heavy atom. The predicted octanol–water partition coefficient (Wildman–Crippen LogP) is 3.12. The van der Waals surface area contributed by atoms with Gasteiger partial charge >= 0.3 is 0 Å². The summed E-state index contributed by atoms with van der Waals surface area (Å²) in [6.07, 6.45) is 7.00. The van der Waals surface area contributed by atoms with Gasteiger partial charge in [-0.1, -0.05) is 24.3 Å². The van der Waals surface area contributed by atoms with Gasteiger partial charge in [-0.05, 0) is 6.92 Å². The van der Waals surface area contributed by atoms with Crippen LogP contribution in [0.15, 0.2) is 23.8 Å². The number of hydrogen-bond acceptors (Lipinski definition) is 0. The van der Waals surface area contributed by atoms with E-state index in [1.54, 1.807) is 0 Å². The summed E-state index contributed by atoms with van der Waals surface area (Å²) in [5.41, 5.74) is 2.79. The third-order valence-corrected chi connectivity index (χ3v) is 2.10. The van der Waals surface area contributed by atoms with E-state index in [-0.39, 0.29) is 32.7 Å². The first-order valence-corrected chi connectivity index (χ1v) is 3.86. The zero-order valence-electron chi connectivity index (χ0n) is 7.43. The fraction of sp³-hybridized carbons (Fsp3) is 0.500. The first kappa shape index (κ1) is 11.5. The standard InChI is InChI=1S/C10H15.Y/c1-8(2)10-6-4-9(3)5-7-10;/h4,6,10H,1,5,7H2,2-3H3;/q-1;. The Kier molecular flexibility index (Phi) is 5.37. The Balaban J connectivity index is 0.000001000. The molecule has 0 amide bonds. The van der Waals surface area contributed by atoms with Gasteiger partial charge in [0.1, 0.15) is 0 Å². The minimum Gasteiger partial charge on any atom is -0.228 e. The molecule has 11 heavy (non-hydrogen) atoms. The van der Waals surface area contributed by atoms with Gasteiger partial charge in [-0.25, -0.2) is 18.1 Å². The van der Waals surface area contributed by atoms with Gasteiger partial charge in [0.2, 0.25) is 0 Å². The van der Waals surface area contributed by atoms with Crippen LogP contribution >= 0.6 is 0 Å². The molecule has 1 rings (SSSR count). The molecule has 0 saturated heterocycles. The van der Waals surface area contributed by atoms with E-state index in [0.717, 1.165) is 0 Å². The summed E-state index contributed by atoms with van der Waals surface area (Å²) in [4.78, 5) is 0. The molecule has 0 aromatic rings. The Morgan fingerprint density at radius 3 is 2.73 bits per heavy atom. The summed E-state index contributed by atoms with van der Waals surface area (Å²) in [7, 11) is 0. The summed E-state index contributed by atoms with van der Waals surface area (Å²) in [5.74, 6) is 0.642. The zero-order valence-corrected chi connectivity index (χ0v) is 10.3. The molecule has 1 heteroatoms. The van der Waals surface area contributed by atoms with E-state index < -0.39 is 0 Å². The van der Waals surface area contributed by atoms with Gasteiger partial charge in [0.15, 0.2) is 0 Å². The maximum atomic E-state index is 3.94. The average Bonchev–Trinajstić information content (AvgIpc) is 1.88. The van der Waals surface area contributed by atoms with Crippen LogP contribution in [0.5, 0.6) is 0 Å². The molecule has 1 atom stereocenters. The van der Waals surface area contributed by atoms with E-state index in [9.17, 15) is 0 Å². The topological polar surface area (TPSA) is 0 Å². The van der Waals surface area contributed by atoms with E-state index in [1.807, 2.05) is 0 Å². The van der Waals surface area contributed by atoms with E-state index in [1.165, 1.54) is 24.0 Å². The molecule has 1 radical (unpaired) electrons. The second kappa shape index (κ2) is 5.16. The molecule has 0 heterocycles. The van der Waals surface area contributed by atoms with Crippen molar-refractivity contribution < 1.29 is 32.7 Å². The van der Waals surface area contributed by atoms with E-state index >= 15 is 0 Å². The molecule has 59 valence electrons. The van der Waals surface area contributed by atoms with Crippen molar-refractivity contribution in [3.63, 3.8) is 0 Å². The van der Waals surface area contributed by atoms with Gasteiger partial charge in [-0.15, -0.1) is 13.5 Å². The summed E-state index contributed by atoms with van der Waals surface area (Å²) in [6.45, 7) is 8.24. The largest absolute Gasteiger partial charge is 0.228 e. The van der Waals surface area contributed by atoms with E-state index in [2.05, 4.69) is 32.9 Å². The second-order valence-corrected chi connectivity index (χ2v) is 3.20. The molecule has 0 aromatic heterocycles. The van der Waals surface area contributed by atoms with E-state index in [0.29, 0.717) is 5.92 Å². The van der Waals surface area contributed by atoms with Crippen molar-refractivity contribution in [3.8, 4) is 0 Å². The molecule has 1 aliphatic rings. The molecule has 0 saturated carbocycles. The van der Waals surface area contributed by atoms with Crippen molar-refractivity contribution in [1.82, 2.24) is 0 Å². The number of rotatable bonds is 1. The van der Waals surface area contributed by atoms with Crippen molar-refractivity contribution >= 4 is 0 Å². The molecule has 0 bridgehead atoms. The van der Waals surface area contributed by atoms with Crippen LogP contribution in [0.3, 0.4) is 0 Å². The van der Waals surface area contributed by atoms with Gasteiger partial charge < -0.3 is 0 Å². The molecule has 0 aromatic carbocycles. The smallest absolute Gasteiger partial charge is 0 e. The van der Waals surface area contributed by atoms with Crippen molar-refractivity contribution in [2.24, 2.45) is 5.92 Å². The Hall–Kier alpha value is 0.454. The van der Waals surface area contributed by atoms with Gasteiger partial charge in [0.05, 0.1) is 0 Å². The molecular formula is C10H15Y-. The normalized spacial score (nSPS) is 22.7. The molecule has 0 aliphatic heterocycles. The van der Waals surface area contributed by atoms with Crippen LogP contribution < -0.4 is 0 Å². The van der Waals surface area contributed by atoms with Crippen LogP contribution in [0.4, 0.5) is 0 Å². The van der Waals surface area contributed by atoms with Gasteiger partial charge in [-0.3, -0.25) is 0 Å². The fourth-order valence-electron chi connectivity index (χ4n) is 1.25. The zero-order chi connectivity index (χ0) is 7.56. The van der Waals surface area contributed by atoms with E-state index in [4.69, 9.17) is 0 Å². The van der Waals surface area contributed by atoms with Gasteiger partial charge in [0.25, 0.3) is 0 Å². The number of allylic oxidation sites excluding steroid dienone is 3. The molecule has 0 nitrogen and oxygen atoms in total. The van der Waals surface area contributed by atoms with Crippen LogP contribution in [0.2, 0.25) is 0 Å². The van der Waals surface area contributed by atoms with Crippen molar-refractivity contribution in [2.75, 3.05) is 0 Å². The summed E-state index contributed by atoms with van der Waals surface area (Å²) >= 11 is 0. The first-order chi connectivity index (χ1) is 4.70. The van der Waals surface area contributed by atoms with Crippen LogP contribution in [0.25, 0.3) is 0 Å². The molecule has 0 fully saturated rings. The predicted molar refractivity (Wildman–Crippen MR) is 45.6 cm³/mol. The number of hydrogen-bond donors (Lipinski definition) is 0. The van der Waals surface area contributed by atoms with Gasteiger partial charge in [-0.2, -0.15) is 0 Å². The van der Waals surface area contributed by atoms with Crippen LogP contribution in [-0.4, -0.2) is 0 Å². The van der Waals surface area contributed by atoms with Crippen molar-refractivity contribution in [2.45, 2.75) is 26.7 Å². The first-order valence-electron chi connectivity index (χ1n) is 3.86. The molecule has 0 spiro atoms. The Labute approximate surface area is 95.0 Å². The maximum absolute atomic E-state index is 3.94. The van der Waals surface area contributed by atoms with Crippen LogP contribution in [0.1, 0.15) is 26.7 Å². The second-order valence-electron chi connectivity index (χ2n) is 3.20. The molecule has 1 aliphatic carbocycles. The Morgan fingerprint density at radius 2 is 2.36 bits per heavy atom. The third-order valence-electron chi connectivity index (χ3n) is 2.10. The van der Waals surface area contributed by atoms with Crippen molar-refractivity contribution in [1.29, 1.82) is 0 Å². The SMILES string of the molecule is C=C(C)C1[CH-]C=C(C)CC1.[Y]. The summed E-state index contributed by atoms with van der Waals surface area (Å²) < 4.78 is 0. The monoisotopic (exact) mass is 224 g/mol.